The van der Waals surface area contributed by atoms with Gasteiger partial charge in [-0.2, -0.15) is 4.39 Å². The molecule has 1 aliphatic rings. The SMILES string of the molecule is CCCCCC1CCC(CCc2cc3oc4cc(OCC)c(F)c(F)c4c3c(F)c2F)CC1. The Hall–Kier alpha value is -2.24. The highest BCUT2D eigenvalue weighted by Gasteiger charge is 2.26. The van der Waals surface area contributed by atoms with Crippen molar-refractivity contribution in [3.05, 3.63) is 41.0 Å². The Kier molecular flexibility index (Phi) is 7.50. The second kappa shape index (κ2) is 10.4. The highest BCUT2D eigenvalue weighted by Crippen LogP contribution is 2.40. The zero-order valence-electron chi connectivity index (χ0n) is 19.4. The summed E-state index contributed by atoms with van der Waals surface area (Å²) in [6.45, 7) is 3.99. The molecule has 33 heavy (non-hydrogen) atoms. The summed E-state index contributed by atoms with van der Waals surface area (Å²) in [4.78, 5) is 0. The Balaban J connectivity index is 1.52. The molecular weight excluding hydrogens is 432 g/mol. The normalized spacial score (nSPS) is 19.0. The van der Waals surface area contributed by atoms with Gasteiger partial charge >= 0.3 is 0 Å². The molecule has 0 aliphatic heterocycles. The fourth-order valence-corrected chi connectivity index (χ4v) is 5.27. The van der Waals surface area contributed by atoms with Gasteiger partial charge in [0.1, 0.15) is 11.2 Å². The van der Waals surface area contributed by atoms with E-state index in [9.17, 15) is 17.6 Å². The summed E-state index contributed by atoms with van der Waals surface area (Å²) < 4.78 is 69.6. The number of ether oxygens (including phenoxy) is 1. The summed E-state index contributed by atoms with van der Waals surface area (Å²) >= 11 is 0. The van der Waals surface area contributed by atoms with Gasteiger partial charge < -0.3 is 9.15 Å². The van der Waals surface area contributed by atoms with Gasteiger partial charge in [-0.05, 0) is 43.2 Å². The minimum absolute atomic E-state index is 0.0190. The summed E-state index contributed by atoms with van der Waals surface area (Å²) in [7, 11) is 0. The molecule has 0 N–H and O–H groups in total. The van der Waals surface area contributed by atoms with Crippen LogP contribution < -0.4 is 4.74 Å². The first-order chi connectivity index (χ1) is 15.9. The second-order valence-corrected chi connectivity index (χ2v) is 9.37. The molecule has 4 rings (SSSR count). The van der Waals surface area contributed by atoms with Gasteiger partial charge in [-0.1, -0.05) is 58.3 Å². The number of aryl methyl sites for hydroxylation is 1. The topological polar surface area (TPSA) is 22.4 Å². The lowest BCUT2D eigenvalue weighted by atomic mass is 9.77. The van der Waals surface area contributed by atoms with Crippen LogP contribution in [-0.2, 0) is 6.42 Å². The smallest absolute Gasteiger partial charge is 0.201 e. The standard InChI is InChI=1S/C27H32F4O2/c1-3-5-6-7-16-8-10-17(11-9-16)12-13-18-14-19-22(26(30)24(18)28)23-20(33-19)15-21(32-4-2)25(29)27(23)31/h14-17H,3-13H2,1-2H3. The van der Waals surface area contributed by atoms with Gasteiger partial charge in [-0.25, -0.2) is 13.2 Å². The van der Waals surface area contributed by atoms with Crippen molar-refractivity contribution in [2.75, 3.05) is 6.61 Å². The van der Waals surface area contributed by atoms with E-state index in [1.54, 1.807) is 6.92 Å². The first-order valence-corrected chi connectivity index (χ1v) is 12.3. The lowest BCUT2D eigenvalue weighted by Crippen LogP contribution is -2.15. The molecule has 1 saturated carbocycles. The molecule has 1 fully saturated rings. The van der Waals surface area contributed by atoms with Gasteiger partial charge in [0.25, 0.3) is 0 Å². The van der Waals surface area contributed by atoms with Crippen LogP contribution >= 0.6 is 0 Å². The molecule has 6 heteroatoms. The summed E-state index contributed by atoms with van der Waals surface area (Å²) in [5.41, 5.74) is 0.171. The number of unbranched alkanes of at least 4 members (excludes halogenated alkanes) is 2. The van der Waals surface area contributed by atoms with Crippen LogP contribution in [0.15, 0.2) is 16.5 Å². The van der Waals surface area contributed by atoms with Crippen molar-refractivity contribution in [2.24, 2.45) is 11.8 Å². The van der Waals surface area contributed by atoms with Gasteiger partial charge in [0.2, 0.25) is 5.82 Å². The first kappa shape index (κ1) is 23.9. The average molecular weight is 465 g/mol. The molecular formula is C27H32F4O2. The minimum Gasteiger partial charge on any atom is -0.491 e. The molecule has 0 unspecified atom stereocenters. The number of benzene rings is 2. The van der Waals surface area contributed by atoms with Gasteiger partial charge in [0.15, 0.2) is 23.2 Å². The van der Waals surface area contributed by atoms with E-state index in [4.69, 9.17) is 9.15 Å². The van der Waals surface area contributed by atoms with E-state index in [-0.39, 0.29) is 34.5 Å². The molecule has 0 bridgehead atoms. The second-order valence-electron chi connectivity index (χ2n) is 9.37. The third-order valence-electron chi connectivity index (χ3n) is 7.16. The predicted octanol–water partition coefficient (Wildman–Crippen LogP) is 8.86. The van der Waals surface area contributed by atoms with E-state index in [1.165, 1.54) is 50.7 Å². The molecule has 2 nitrogen and oxygen atoms in total. The average Bonchev–Trinajstić information content (AvgIpc) is 3.18. The van der Waals surface area contributed by atoms with E-state index in [1.807, 2.05) is 0 Å². The van der Waals surface area contributed by atoms with E-state index < -0.39 is 28.7 Å². The number of rotatable bonds is 9. The summed E-state index contributed by atoms with van der Waals surface area (Å²) in [6, 6.07) is 2.62. The quantitative estimate of drug-likeness (QED) is 0.233. The maximum absolute atomic E-state index is 15.0. The Morgan fingerprint density at radius 2 is 1.39 bits per heavy atom. The largest absolute Gasteiger partial charge is 0.491 e. The number of fused-ring (bicyclic) bond motifs is 3. The molecule has 2 aromatic carbocycles. The van der Waals surface area contributed by atoms with Crippen LogP contribution in [0.2, 0.25) is 0 Å². The monoisotopic (exact) mass is 464 g/mol. The van der Waals surface area contributed by atoms with E-state index >= 15 is 0 Å². The predicted molar refractivity (Wildman–Crippen MR) is 123 cm³/mol. The maximum Gasteiger partial charge on any atom is 0.201 e. The minimum atomic E-state index is -1.29. The lowest BCUT2D eigenvalue weighted by molar-refractivity contribution is 0.248. The van der Waals surface area contributed by atoms with Crippen molar-refractivity contribution in [3.63, 3.8) is 0 Å². The summed E-state index contributed by atoms with van der Waals surface area (Å²) in [5.74, 6) is -3.74. The van der Waals surface area contributed by atoms with Gasteiger partial charge in [0.05, 0.1) is 17.4 Å². The highest BCUT2D eigenvalue weighted by atomic mass is 19.2. The van der Waals surface area contributed by atoms with Crippen molar-refractivity contribution in [1.82, 2.24) is 0 Å². The van der Waals surface area contributed by atoms with Crippen LogP contribution in [-0.4, -0.2) is 6.61 Å². The van der Waals surface area contributed by atoms with E-state index in [0.29, 0.717) is 12.3 Å². The highest BCUT2D eigenvalue weighted by molar-refractivity contribution is 6.06. The Bertz CT molecular complexity index is 1110. The molecule has 0 radical (unpaired) electrons. The van der Waals surface area contributed by atoms with E-state index in [0.717, 1.165) is 25.2 Å². The molecule has 0 saturated heterocycles. The van der Waals surface area contributed by atoms with Crippen LogP contribution in [0.4, 0.5) is 17.6 Å². The summed E-state index contributed by atoms with van der Waals surface area (Å²) in [5, 5.41) is -0.756. The number of hydrogen-bond acceptors (Lipinski definition) is 2. The molecule has 0 amide bonds. The Morgan fingerprint density at radius 3 is 2.03 bits per heavy atom. The summed E-state index contributed by atoms with van der Waals surface area (Å²) in [6.07, 6.45) is 11.0. The van der Waals surface area contributed by atoms with Crippen molar-refractivity contribution < 1.29 is 26.7 Å². The van der Waals surface area contributed by atoms with Crippen LogP contribution in [0.1, 0.15) is 77.2 Å². The fourth-order valence-electron chi connectivity index (χ4n) is 5.27. The van der Waals surface area contributed by atoms with Crippen LogP contribution in [0.5, 0.6) is 5.75 Å². The van der Waals surface area contributed by atoms with Crippen molar-refractivity contribution in [2.45, 2.75) is 78.1 Å². The molecule has 1 heterocycles. The van der Waals surface area contributed by atoms with Gasteiger partial charge in [-0.15, -0.1) is 0 Å². The zero-order valence-corrected chi connectivity index (χ0v) is 19.4. The van der Waals surface area contributed by atoms with Gasteiger partial charge in [0, 0.05) is 6.07 Å². The zero-order chi connectivity index (χ0) is 23.5. The Morgan fingerprint density at radius 1 is 0.788 bits per heavy atom. The van der Waals surface area contributed by atoms with E-state index in [2.05, 4.69) is 6.92 Å². The third kappa shape index (κ3) is 4.85. The lowest BCUT2D eigenvalue weighted by Gasteiger charge is -2.28. The molecule has 180 valence electrons. The van der Waals surface area contributed by atoms with Crippen molar-refractivity contribution in [1.29, 1.82) is 0 Å². The molecule has 0 spiro atoms. The number of hydrogen-bond donors (Lipinski definition) is 0. The maximum atomic E-state index is 15.0. The molecule has 3 aromatic rings. The fraction of sp³-hybridized carbons (Fsp3) is 0.556. The van der Waals surface area contributed by atoms with Crippen molar-refractivity contribution >= 4 is 21.9 Å². The molecule has 1 aromatic heterocycles. The Labute approximate surface area is 192 Å². The number of furan rings is 1. The number of halogens is 4. The first-order valence-electron chi connectivity index (χ1n) is 12.3. The van der Waals surface area contributed by atoms with Crippen LogP contribution in [0, 0.1) is 35.1 Å². The third-order valence-corrected chi connectivity index (χ3v) is 7.16. The molecule has 0 atom stereocenters. The van der Waals surface area contributed by atoms with Crippen LogP contribution in [0.3, 0.4) is 0 Å². The van der Waals surface area contributed by atoms with Crippen molar-refractivity contribution in [3.8, 4) is 5.75 Å². The van der Waals surface area contributed by atoms with Crippen LogP contribution in [0.25, 0.3) is 21.9 Å². The van der Waals surface area contributed by atoms with Gasteiger partial charge in [-0.3, -0.25) is 0 Å². The molecule has 1 aliphatic carbocycles.